The van der Waals surface area contributed by atoms with Crippen LogP contribution in [0.1, 0.15) is 146 Å². The Bertz CT molecular complexity index is 3110. The number of carbonyl (C=O) groups is 12. The van der Waals surface area contributed by atoms with E-state index >= 15 is 0 Å². The third-order valence-electron chi connectivity index (χ3n) is 17.8. The van der Waals surface area contributed by atoms with Crippen molar-refractivity contribution in [3.8, 4) is 0 Å². The number of rotatable bonds is 36. The molecule has 99 heavy (non-hydrogen) atoms. The van der Waals surface area contributed by atoms with Crippen molar-refractivity contribution in [1.29, 1.82) is 0 Å². The molecule has 13 atom stereocenters. The van der Waals surface area contributed by atoms with Gasteiger partial charge in [0.2, 0.25) is 41.4 Å². The average Bonchev–Trinajstić information content (AvgIpc) is 1.81. The second-order valence-corrected chi connectivity index (χ2v) is 27.5. The number of primary amides is 1. The zero-order valence-corrected chi connectivity index (χ0v) is 60.5. The van der Waals surface area contributed by atoms with Gasteiger partial charge in [-0.25, -0.2) is 14.4 Å². The van der Waals surface area contributed by atoms with Crippen LogP contribution < -0.4 is 43.0 Å². The highest BCUT2D eigenvalue weighted by molar-refractivity contribution is 6.15. The maximum absolute atomic E-state index is 14.8. The van der Waals surface area contributed by atoms with Gasteiger partial charge in [-0.2, -0.15) is 0 Å². The van der Waals surface area contributed by atoms with Crippen LogP contribution in [0, 0.1) is 29.6 Å². The molecule has 0 aliphatic carbocycles. The van der Waals surface area contributed by atoms with Crippen LogP contribution in [0.15, 0.2) is 66.7 Å². The van der Waals surface area contributed by atoms with Crippen molar-refractivity contribution < 1.29 is 81.6 Å². The molecule has 0 radical (unpaired) electrons. The van der Waals surface area contributed by atoms with Crippen LogP contribution in [0.3, 0.4) is 0 Å². The molecular weight excluding hydrogens is 1280 g/mol. The lowest BCUT2D eigenvalue weighted by Gasteiger charge is -2.41. The molecule has 4 rings (SSSR count). The standard InChI is InChI=1S/C70H108N12O17/c1-18-42(8)58(51(96-16)36-54(85)81-35-23-27-49(81)60(97-17)43(9)61(87)74-44(10)59(86)46-24-20-19-21-25-46)79(14)66(92)56(40(4)5)78-65(91)57(41(6)7)80(15)69(95)98-38-45-28-30-47(31-29-45)75-62(88)48(26-22-34-72-67(71)93)76-64(90)55(39(2)3)77-63(89)50(82-52(83)32-33-53(82)84)37-73-68(94)99-70(11,12)13/h19-21,24-25,28-33,39-44,48-51,55-60,86H,18,22-23,26-27,34-38H2,1-17H3,(H,73,94)(H,74,87)(H,75,88)(H,76,90)(H,77,89)(H,78,91)(H3,71,72,93)/t42-,43+,44+,48-,49-,50?,51+,55-,56-,57-,58-,59+,60+/m0/s1. The summed E-state index contributed by atoms with van der Waals surface area (Å²) in [5.74, 6) is -8.23. The number of aliphatic hydroxyl groups excluding tert-OH is 1. The summed E-state index contributed by atoms with van der Waals surface area (Å²) in [6.45, 7) is 22.1. The molecule has 13 amide bonds. The number of nitrogens with two attached hydrogens (primary N) is 1. The number of likely N-dealkylation sites (N-methyl/N-ethyl adjacent to an activating group) is 2. The van der Waals surface area contributed by atoms with Crippen molar-refractivity contribution in [2.45, 2.75) is 207 Å². The number of anilines is 1. The van der Waals surface area contributed by atoms with E-state index in [9.17, 15) is 62.6 Å². The molecule has 1 fully saturated rings. The fourth-order valence-corrected chi connectivity index (χ4v) is 12.2. The number of nitrogens with one attached hydrogen (secondary N) is 7. The molecule has 2 aliphatic rings. The second-order valence-electron chi connectivity index (χ2n) is 27.5. The van der Waals surface area contributed by atoms with Crippen molar-refractivity contribution in [2.75, 3.05) is 53.3 Å². The van der Waals surface area contributed by atoms with E-state index < -0.39 is 162 Å². The summed E-state index contributed by atoms with van der Waals surface area (Å²) in [5, 5.41) is 29.6. The number of alkyl carbamates (subject to hydrolysis) is 1. The highest BCUT2D eigenvalue weighted by atomic mass is 16.6. The van der Waals surface area contributed by atoms with Crippen molar-refractivity contribution in [1.82, 2.24) is 51.5 Å². The van der Waals surface area contributed by atoms with E-state index in [1.54, 1.807) is 112 Å². The number of nitrogens with zero attached hydrogens (tertiary/aromatic N) is 4. The Labute approximate surface area is 581 Å². The van der Waals surface area contributed by atoms with Gasteiger partial charge in [0.15, 0.2) is 0 Å². The number of hydrogen-bond donors (Lipinski definition) is 9. The molecular formula is C70H108N12O17. The van der Waals surface area contributed by atoms with Gasteiger partial charge in [-0.3, -0.25) is 53.0 Å². The molecule has 10 N–H and O–H groups in total. The number of benzene rings is 2. The molecule has 2 heterocycles. The van der Waals surface area contributed by atoms with Crippen molar-refractivity contribution in [3.63, 3.8) is 0 Å². The molecule has 1 saturated heterocycles. The molecule has 2 aliphatic heterocycles. The van der Waals surface area contributed by atoms with E-state index in [2.05, 4.69) is 37.2 Å². The zero-order valence-electron chi connectivity index (χ0n) is 60.5. The number of ether oxygens (including phenoxy) is 4. The predicted octanol–water partition coefficient (Wildman–Crippen LogP) is 4.41. The maximum Gasteiger partial charge on any atom is 0.410 e. The van der Waals surface area contributed by atoms with Crippen LogP contribution in [0.4, 0.5) is 20.1 Å². The fourth-order valence-electron chi connectivity index (χ4n) is 12.2. The van der Waals surface area contributed by atoms with Crippen LogP contribution in [0.5, 0.6) is 0 Å². The first-order valence-electron chi connectivity index (χ1n) is 33.9. The van der Waals surface area contributed by atoms with Gasteiger partial charge in [-0.05, 0) is 100 Å². The van der Waals surface area contributed by atoms with Gasteiger partial charge < -0.3 is 76.8 Å². The van der Waals surface area contributed by atoms with Gasteiger partial charge in [0.1, 0.15) is 42.4 Å². The Morgan fingerprint density at radius 2 is 1.32 bits per heavy atom. The summed E-state index contributed by atoms with van der Waals surface area (Å²) < 4.78 is 23.0. The maximum atomic E-state index is 14.8. The Kier molecular flexibility index (Phi) is 32.3. The number of urea groups is 1. The van der Waals surface area contributed by atoms with Gasteiger partial charge in [-0.1, -0.05) is 111 Å². The fraction of sp³-hybridized carbons (Fsp3) is 0.629. The van der Waals surface area contributed by atoms with Gasteiger partial charge in [0, 0.05) is 59.2 Å². The lowest BCUT2D eigenvalue weighted by molar-refractivity contribution is -0.148. The van der Waals surface area contributed by atoms with Gasteiger partial charge in [0.05, 0.1) is 55.3 Å². The van der Waals surface area contributed by atoms with E-state index in [1.807, 2.05) is 32.0 Å². The van der Waals surface area contributed by atoms with E-state index in [1.165, 1.54) is 38.3 Å². The monoisotopic (exact) mass is 1390 g/mol. The molecule has 1 unspecified atom stereocenters. The van der Waals surface area contributed by atoms with Crippen LogP contribution in [0.25, 0.3) is 0 Å². The van der Waals surface area contributed by atoms with Crippen LogP contribution in [-0.4, -0.2) is 210 Å². The van der Waals surface area contributed by atoms with E-state index in [4.69, 9.17) is 24.7 Å². The highest BCUT2D eigenvalue weighted by Crippen LogP contribution is 2.31. The van der Waals surface area contributed by atoms with Crippen molar-refractivity contribution in [3.05, 3.63) is 77.9 Å². The number of hydrogen-bond acceptors (Lipinski definition) is 17. The summed E-state index contributed by atoms with van der Waals surface area (Å²) in [4.78, 5) is 168. The SMILES string of the molecule is CC[C@H](C)[C@@H]([C@@H](CC(=O)N1CCC[C@H]1[C@H](OC)[C@@H](C)C(=O)N[C@H](C)[C@@H](O)c1ccccc1)OC)N(C)C(=O)[C@@H](NC(=O)[C@H](C(C)C)N(C)C(=O)OCc1ccc(NC(=O)[C@H](CCCNC(N)=O)NC(=O)[C@@H](NC(=O)C(CNC(=O)OC(C)(C)C)N2C(=O)C=CC2=O)C(C)C)cc1)C(C)C. The molecule has 29 nitrogen and oxygen atoms in total. The lowest BCUT2D eigenvalue weighted by Crippen LogP contribution is -2.60. The second kappa shape index (κ2) is 38.6. The Hall–Kier alpha value is -8.70. The number of methoxy groups -OCH3 is 2. The molecule has 0 saturated carbocycles. The smallest absolute Gasteiger partial charge is 0.410 e. The molecule has 29 heteroatoms. The Balaban J connectivity index is 1.43. The number of imide groups is 1. The molecule has 0 aromatic heterocycles. The number of likely N-dealkylation sites (tertiary alicyclic amines) is 1. The van der Waals surface area contributed by atoms with E-state index in [-0.39, 0.29) is 55.8 Å². The Morgan fingerprint density at radius 3 is 1.87 bits per heavy atom. The molecule has 550 valence electrons. The topological polar surface area (TPSA) is 385 Å². The molecule has 2 aromatic rings. The Morgan fingerprint density at radius 1 is 0.717 bits per heavy atom. The summed E-state index contributed by atoms with van der Waals surface area (Å²) in [6, 6.07) is 6.25. The van der Waals surface area contributed by atoms with Crippen LogP contribution >= 0.6 is 0 Å². The largest absolute Gasteiger partial charge is 0.445 e. The summed E-state index contributed by atoms with van der Waals surface area (Å²) in [5.41, 5.74) is 5.74. The van der Waals surface area contributed by atoms with E-state index in [0.717, 1.165) is 17.1 Å². The van der Waals surface area contributed by atoms with Crippen molar-refractivity contribution in [2.24, 2.45) is 35.3 Å². The summed E-state index contributed by atoms with van der Waals surface area (Å²) >= 11 is 0. The average molecular weight is 1390 g/mol. The third kappa shape index (κ3) is 24.0. The third-order valence-corrected chi connectivity index (χ3v) is 17.8. The first-order chi connectivity index (χ1) is 46.5. The predicted molar refractivity (Wildman–Crippen MR) is 368 cm³/mol. The summed E-state index contributed by atoms with van der Waals surface area (Å²) in [6.07, 6.45) is -0.423. The minimum atomic E-state index is -1.61. The zero-order chi connectivity index (χ0) is 74.3. The summed E-state index contributed by atoms with van der Waals surface area (Å²) in [7, 11) is 6.03. The molecule has 0 bridgehead atoms. The van der Waals surface area contributed by atoms with E-state index in [0.29, 0.717) is 41.8 Å². The molecule has 0 spiro atoms. The quantitative estimate of drug-likeness (QED) is 0.0337. The van der Waals surface area contributed by atoms with Gasteiger partial charge in [0.25, 0.3) is 11.8 Å². The van der Waals surface area contributed by atoms with Gasteiger partial charge >= 0.3 is 18.2 Å². The number of aliphatic hydroxyl groups is 1. The first kappa shape index (κ1) is 82.7. The van der Waals surface area contributed by atoms with Gasteiger partial charge in [-0.15, -0.1) is 0 Å². The lowest BCUT2D eigenvalue weighted by atomic mass is 9.89. The van der Waals surface area contributed by atoms with Crippen LogP contribution in [-0.2, 0) is 68.7 Å². The molecule has 2 aromatic carbocycles. The number of amides is 13. The van der Waals surface area contributed by atoms with Crippen LogP contribution in [0.2, 0.25) is 0 Å². The number of carbonyl (C=O) groups excluding carboxylic acids is 12. The minimum Gasteiger partial charge on any atom is -0.445 e. The van der Waals surface area contributed by atoms with Crippen molar-refractivity contribution >= 4 is 77.1 Å². The first-order valence-corrected chi connectivity index (χ1v) is 33.9. The highest BCUT2D eigenvalue weighted by Gasteiger charge is 2.45. The minimum absolute atomic E-state index is 0.0336. The normalized spacial score (nSPS) is 17.5.